The Bertz CT molecular complexity index is 1170. The number of anilines is 1. The van der Waals surface area contributed by atoms with E-state index in [4.69, 9.17) is 34.3 Å². The highest BCUT2D eigenvalue weighted by Gasteiger charge is 2.58. The number of ether oxygens (including phenoxy) is 1. The maximum atomic E-state index is 15.3. The molecule has 0 saturated carbocycles. The fourth-order valence-electron chi connectivity index (χ4n) is 2.13. The van der Waals surface area contributed by atoms with Crippen LogP contribution in [0.2, 0.25) is 0 Å². The van der Waals surface area contributed by atoms with Crippen molar-refractivity contribution in [3.8, 4) is 12.3 Å². The first-order valence-electron chi connectivity index (χ1n) is 8.28. The predicted molar refractivity (Wildman–Crippen MR) is 93.1 cm³/mol. The Morgan fingerprint density at radius 3 is 2.48 bits per heavy atom. The first-order valence-corrected chi connectivity index (χ1v) is 11.8. The van der Waals surface area contributed by atoms with Gasteiger partial charge in [0.1, 0.15) is 18.5 Å². The minimum atomic E-state index is -6.09. The summed E-state index contributed by atoms with van der Waals surface area (Å²) in [7, 11) is -17.8. The molecule has 1 aromatic rings. The lowest BCUT2D eigenvalue weighted by Gasteiger charge is -2.23. The van der Waals surface area contributed by atoms with E-state index in [0.717, 1.165) is 0 Å². The summed E-state index contributed by atoms with van der Waals surface area (Å²) in [5.41, 5.74) is 0.505. The van der Waals surface area contributed by atoms with Gasteiger partial charge in [0.25, 0.3) is 0 Å². The topological polar surface area (TPSA) is 263 Å². The van der Waals surface area contributed by atoms with Crippen LogP contribution in [0, 0.1) is 12.3 Å². The fraction of sp³-hybridized carbons (Fsp3) is 0.500. The molecule has 0 bridgehead atoms. The van der Waals surface area contributed by atoms with E-state index in [0.29, 0.717) is 6.33 Å². The molecule has 0 radical (unpaired) electrons. The molecule has 174 valence electrons. The summed E-state index contributed by atoms with van der Waals surface area (Å²) in [5, 5.41) is 10.2. The number of nitrogens with zero attached hydrogens (tertiary/aromatic N) is 3. The predicted octanol–water partition coefficient (Wildman–Crippen LogP) is -1.84. The van der Waals surface area contributed by atoms with Crippen LogP contribution in [0.1, 0.15) is 8.97 Å². The Hall–Kier alpha value is -1.57. The molecule has 1 fully saturated rings. The molecule has 0 aromatic carbocycles. The first-order chi connectivity index (χ1) is 14.7. The Balaban J connectivity index is 2.35. The zero-order valence-electron chi connectivity index (χ0n) is 16.5. The zero-order valence-corrected chi connectivity index (χ0v) is 17.2. The van der Waals surface area contributed by atoms with E-state index >= 15 is 4.39 Å². The van der Waals surface area contributed by atoms with Crippen molar-refractivity contribution in [3.63, 3.8) is 0 Å². The summed E-state index contributed by atoms with van der Waals surface area (Å²) in [6, 6.07) is 0. The number of nitrogen functional groups attached to an aromatic ring is 1. The van der Waals surface area contributed by atoms with Crippen LogP contribution in [0.4, 0.5) is 10.3 Å². The van der Waals surface area contributed by atoms with Crippen LogP contribution >= 0.6 is 23.5 Å². The van der Waals surface area contributed by atoms with Gasteiger partial charge in [0.15, 0.2) is 6.23 Å². The van der Waals surface area contributed by atoms with Crippen molar-refractivity contribution in [1.29, 1.82) is 0 Å². The monoisotopic (exact) mass is 512 g/mol. The third-order valence-corrected chi connectivity index (χ3v) is 6.93. The fourth-order valence-corrected chi connectivity index (χ4v) is 5.00. The van der Waals surface area contributed by atoms with E-state index in [9.17, 15) is 28.5 Å². The molecular formula is C10H14FN4O13P3. The van der Waals surface area contributed by atoms with Gasteiger partial charge in [0.05, 0.1) is 9.30 Å². The van der Waals surface area contributed by atoms with Gasteiger partial charge in [-0.2, -0.15) is 13.6 Å². The van der Waals surface area contributed by atoms with Crippen LogP contribution in [0.25, 0.3) is 0 Å². The minimum absolute atomic E-state index is 0.278. The lowest BCUT2D eigenvalue weighted by Crippen LogP contribution is -2.44. The second-order valence-electron chi connectivity index (χ2n) is 5.47. The number of terminal acetylenes is 1. The molecule has 31 heavy (non-hydrogen) atoms. The molecular weight excluding hydrogens is 496 g/mol. The van der Waals surface area contributed by atoms with Gasteiger partial charge in [-0.3, -0.25) is 9.09 Å². The van der Waals surface area contributed by atoms with Crippen molar-refractivity contribution in [1.82, 2.24) is 14.5 Å². The van der Waals surface area contributed by atoms with Gasteiger partial charge in [0, 0.05) is 0 Å². The molecule has 6 atom stereocenters. The maximum Gasteiger partial charge on any atom is 0.490 e. The van der Waals surface area contributed by atoms with Gasteiger partial charge < -0.3 is 35.2 Å². The lowest BCUT2D eigenvalue weighted by molar-refractivity contribution is -0.0539. The summed E-state index contributed by atoms with van der Waals surface area (Å²) in [4.78, 5) is 54.1. The van der Waals surface area contributed by atoms with Crippen molar-refractivity contribution in [2.45, 2.75) is 24.1 Å². The third kappa shape index (κ3) is 6.24. The van der Waals surface area contributed by atoms with Crippen LogP contribution in [0.3, 0.4) is 0 Å². The highest BCUT2D eigenvalue weighted by atomic mass is 31.3. The van der Waals surface area contributed by atoms with Crippen LogP contribution in [0.5, 0.6) is 0 Å². The van der Waals surface area contributed by atoms with E-state index in [2.05, 4.69) is 23.1 Å². The van der Waals surface area contributed by atoms with Crippen molar-refractivity contribution in [2.24, 2.45) is 0 Å². The van der Waals surface area contributed by atoms with Crippen LogP contribution in [-0.2, 0) is 31.6 Å². The summed E-state index contributed by atoms with van der Waals surface area (Å²) in [5.74, 6) is 0.903. The summed E-state index contributed by atoms with van der Waals surface area (Å²) < 4.78 is 80.6. The Kier molecular flexibility index (Phi) is 6.39. The van der Waals surface area contributed by atoms with Crippen LogP contribution < -0.4 is 11.4 Å². The quantitative estimate of drug-likeness (QED) is 0.165. The lowest BCUT2D eigenvalue weighted by atomic mass is 9.97. The van der Waals surface area contributed by atoms with Gasteiger partial charge in [-0.25, -0.2) is 27.9 Å². The van der Waals surface area contributed by atoms with E-state index in [1.807, 2.05) is 0 Å². The van der Waals surface area contributed by atoms with Gasteiger partial charge in [0.2, 0.25) is 11.6 Å². The van der Waals surface area contributed by atoms with E-state index in [-0.39, 0.29) is 4.57 Å². The Morgan fingerprint density at radius 1 is 1.35 bits per heavy atom. The second-order valence-corrected chi connectivity index (χ2v) is 9.82. The number of phosphoric ester groups is 1. The molecule has 1 saturated heterocycles. The van der Waals surface area contributed by atoms with Crippen molar-refractivity contribution < 1.29 is 63.4 Å². The van der Waals surface area contributed by atoms with Gasteiger partial charge in [-0.15, -0.1) is 6.42 Å². The highest BCUT2D eigenvalue weighted by molar-refractivity contribution is 7.66. The number of aliphatic hydroxyl groups excluding tert-OH is 1. The number of phosphoric acid groups is 3. The Labute approximate surface area is 173 Å². The van der Waals surface area contributed by atoms with Gasteiger partial charge in [-0.1, -0.05) is 5.92 Å². The Morgan fingerprint density at radius 2 is 1.97 bits per heavy atom. The summed E-state index contributed by atoms with van der Waals surface area (Å²) in [6.07, 6.45) is -2.01. The molecule has 3 unspecified atom stereocenters. The van der Waals surface area contributed by atoms with Crippen molar-refractivity contribution in [3.05, 3.63) is 16.8 Å². The SMILES string of the molecule is [2H]C([2H])(OP(=O)(O)OP(=O)(O)OP(=O)(O)O)[C@H]1O[C@@H](n2cnc(N)nc2=O)C(F)(C#C)[C@H]1O. The van der Waals surface area contributed by atoms with Crippen molar-refractivity contribution >= 4 is 29.4 Å². The summed E-state index contributed by atoms with van der Waals surface area (Å²) >= 11 is 0. The molecule has 0 amide bonds. The molecule has 7 N–H and O–H groups in total. The molecule has 1 aromatic heterocycles. The number of hydrogen-bond acceptors (Lipinski definition) is 12. The number of aliphatic hydroxyl groups is 1. The molecule has 2 heterocycles. The van der Waals surface area contributed by atoms with Crippen LogP contribution in [-0.4, -0.2) is 63.7 Å². The number of rotatable bonds is 8. The first kappa shape index (κ1) is 22.6. The van der Waals surface area contributed by atoms with Crippen LogP contribution in [0.15, 0.2) is 11.1 Å². The number of halogens is 1. The second kappa shape index (κ2) is 8.75. The highest BCUT2D eigenvalue weighted by Crippen LogP contribution is 2.66. The zero-order chi connectivity index (χ0) is 25.6. The molecule has 1 aliphatic heterocycles. The maximum absolute atomic E-state index is 15.3. The molecule has 17 nitrogen and oxygen atoms in total. The number of alkyl halides is 1. The minimum Gasteiger partial charge on any atom is -0.386 e. The molecule has 2 rings (SSSR count). The average molecular weight is 512 g/mol. The smallest absolute Gasteiger partial charge is 0.386 e. The number of nitrogens with two attached hydrogens (primary N) is 1. The summed E-state index contributed by atoms with van der Waals surface area (Å²) in [6.45, 7) is -3.77. The van der Waals surface area contributed by atoms with Crippen molar-refractivity contribution in [2.75, 3.05) is 12.3 Å². The van der Waals surface area contributed by atoms with Gasteiger partial charge in [-0.05, 0) is 0 Å². The van der Waals surface area contributed by atoms with E-state index in [1.165, 1.54) is 5.92 Å². The average Bonchev–Trinajstić information content (AvgIpc) is 2.83. The standard InChI is InChI=1S/C10H14FN4O13P3/c1-2-10(11)6(16)5(26-7(10)15-4-13-8(12)14-9(15)17)3-25-30(21,22)28-31(23,24)27-29(18,19)20/h1,4-7,16H,3H2,(H,21,22)(H,23,24)(H2,12,14,17)(H2,18,19,20)/t5-,6+,7-,10?/m1/s1/i3D2. The molecule has 0 spiro atoms. The molecule has 0 aliphatic carbocycles. The molecule has 1 aliphatic rings. The number of hydrogen-bond donors (Lipinski definition) is 6. The largest absolute Gasteiger partial charge is 0.490 e. The number of aromatic nitrogens is 3. The van der Waals surface area contributed by atoms with E-state index in [1.54, 1.807) is 0 Å². The van der Waals surface area contributed by atoms with E-state index < -0.39 is 65.8 Å². The molecule has 21 heteroatoms. The normalized spacial score (nSPS) is 31.7. The van der Waals surface area contributed by atoms with Gasteiger partial charge >= 0.3 is 29.2 Å². The third-order valence-electron chi connectivity index (χ3n) is 3.27.